The van der Waals surface area contributed by atoms with Gasteiger partial charge in [0.2, 0.25) is 5.91 Å². The number of carbonyl (C=O) groups excluding carboxylic acids is 1. The summed E-state index contributed by atoms with van der Waals surface area (Å²) in [4.78, 5) is 37.9. The number of likely N-dealkylation sites (tertiary alicyclic amines) is 1. The van der Waals surface area contributed by atoms with Gasteiger partial charge in [0.05, 0.1) is 11.8 Å². The van der Waals surface area contributed by atoms with Crippen LogP contribution in [0.1, 0.15) is 63.4 Å². The molecular weight excluding hydrogens is 382 g/mol. The van der Waals surface area contributed by atoms with Crippen molar-refractivity contribution in [2.45, 2.75) is 70.3 Å². The minimum absolute atomic E-state index is 0.0153. The molecule has 6 heteroatoms. The number of hydrogen-bond acceptors (Lipinski definition) is 3. The summed E-state index contributed by atoms with van der Waals surface area (Å²) in [6, 6.07) is 10.2. The number of fused-ring (bicyclic) bond motifs is 1. The van der Waals surface area contributed by atoms with E-state index in [1.54, 1.807) is 4.90 Å². The zero-order chi connectivity index (χ0) is 21.5. The van der Waals surface area contributed by atoms with Gasteiger partial charge in [0.1, 0.15) is 0 Å². The Bertz CT molecular complexity index is 734. The first-order valence-electron chi connectivity index (χ1n) is 11.3. The summed E-state index contributed by atoms with van der Waals surface area (Å²) in [6.45, 7) is 0.276. The van der Waals surface area contributed by atoms with Gasteiger partial charge in [-0.15, -0.1) is 0 Å². The lowest BCUT2D eigenvalue weighted by Gasteiger charge is -2.32. The number of rotatable bonds is 10. The second-order valence-corrected chi connectivity index (χ2v) is 8.81. The Balaban J connectivity index is 1.47. The first-order valence-corrected chi connectivity index (χ1v) is 11.3. The minimum atomic E-state index is -0.845. The zero-order valence-corrected chi connectivity index (χ0v) is 17.5. The van der Waals surface area contributed by atoms with Crippen LogP contribution >= 0.6 is 0 Å². The van der Waals surface area contributed by atoms with Crippen molar-refractivity contribution in [2.24, 2.45) is 17.8 Å². The van der Waals surface area contributed by atoms with Crippen molar-refractivity contribution in [2.75, 3.05) is 6.54 Å². The smallest absolute Gasteiger partial charge is 0.308 e. The van der Waals surface area contributed by atoms with Crippen LogP contribution in [0.15, 0.2) is 30.3 Å². The highest BCUT2D eigenvalue weighted by Gasteiger charge is 2.47. The van der Waals surface area contributed by atoms with Gasteiger partial charge in [-0.25, -0.2) is 0 Å². The molecule has 1 saturated carbocycles. The lowest BCUT2D eigenvalue weighted by atomic mass is 9.80. The molecule has 1 aromatic rings. The molecule has 164 valence electrons. The molecule has 1 aliphatic carbocycles. The highest BCUT2D eigenvalue weighted by atomic mass is 16.4. The molecule has 30 heavy (non-hydrogen) atoms. The summed E-state index contributed by atoms with van der Waals surface area (Å²) in [5.41, 5.74) is 1.25. The van der Waals surface area contributed by atoms with E-state index < -0.39 is 23.8 Å². The van der Waals surface area contributed by atoms with E-state index in [0.29, 0.717) is 12.8 Å². The molecule has 0 aromatic heterocycles. The normalized spacial score (nSPS) is 24.3. The standard InChI is InChI=1S/C24H33NO5/c26-22(25-16-20(24(29)30)19-12-6-7-13-21(19)25)15-14-18(23(27)28)11-5-4-10-17-8-2-1-3-9-17/h1-3,8-9,18-21H,4-7,10-16H2,(H,27,28)(H,29,30). The second-order valence-electron chi connectivity index (χ2n) is 8.81. The number of aryl methyl sites for hydroxylation is 1. The molecule has 4 atom stereocenters. The van der Waals surface area contributed by atoms with Crippen molar-refractivity contribution in [1.29, 1.82) is 0 Å². The lowest BCUT2D eigenvalue weighted by molar-refractivity contribution is -0.143. The van der Waals surface area contributed by atoms with Gasteiger partial charge in [0.15, 0.2) is 0 Å². The highest BCUT2D eigenvalue weighted by Crippen LogP contribution is 2.40. The molecule has 4 unspecified atom stereocenters. The fourth-order valence-corrected chi connectivity index (χ4v) is 5.22. The third kappa shape index (κ3) is 5.61. The lowest BCUT2D eigenvalue weighted by Crippen LogP contribution is -2.39. The van der Waals surface area contributed by atoms with Gasteiger partial charge in [0.25, 0.3) is 0 Å². The molecule has 1 heterocycles. The van der Waals surface area contributed by atoms with Crippen molar-refractivity contribution >= 4 is 17.8 Å². The van der Waals surface area contributed by atoms with Gasteiger partial charge in [-0.1, -0.05) is 49.6 Å². The van der Waals surface area contributed by atoms with Gasteiger partial charge < -0.3 is 15.1 Å². The largest absolute Gasteiger partial charge is 0.481 e. The monoisotopic (exact) mass is 415 g/mol. The Hall–Kier alpha value is -2.37. The average molecular weight is 416 g/mol. The number of carboxylic acids is 2. The van der Waals surface area contributed by atoms with E-state index in [0.717, 1.165) is 44.9 Å². The van der Waals surface area contributed by atoms with Crippen LogP contribution in [0.25, 0.3) is 0 Å². The van der Waals surface area contributed by atoms with Crippen molar-refractivity contribution in [1.82, 2.24) is 4.90 Å². The number of hydrogen-bond donors (Lipinski definition) is 2. The molecule has 2 aliphatic rings. The van der Waals surface area contributed by atoms with Gasteiger partial charge in [-0.05, 0) is 50.0 Å². The summed E-state index contributed by atoms with van der Waals surface area (Å²) >= 11 is 0. The molecule has 0 radical (unpaired) electrons. The summed E-state index contributed by atoms with van der Waals surface area (Å²) < 4.78 is 0. The van der Waals surface area contributed by atoms with E-state index in [1.165, 1.54) is 5.56 Å². The molecule has 1 saturated heterocycles. The summed E-state index contributed by atoms with van der Waals surface area (Å²) in [7, 11) is 0. The molecule has 0 spiro atoms. The zero-order valence-electron chi connectivity index (χ0n) is 17.5. The van der Waals surface area contributed by atoms with Crippen LogP contribution in [-0.4, -0.2) is 45.5 Å². The van der Waals surface area contributed by atoms with Crippen LogP contribution in [0.4, 0.5) is 0 Å². The molecule has 0 bridgehead atoms. The predicted octanol–water partition coefficient (Wildman–Crippen LogP) is 3.98. The maximum absolute atomic E-state index is 12.9. The van der Waals surface area contributed by atoms with E-state index in [9.17, 15) is 24.6 Å². The van der Waals surface area contributed by atoms with Gasteiger partial charge in [0, 0.05) is 19.0 Å². The van der Waals surface area contributed by atoms with Crippen molar-refractivity contribution in [3.63, 3.8) is 0 Å². The fraction of sp³-hybridized carbons (Fsp3) is 0.625. The Morgan fingerprint density at radius 1 is 1.00 bits per heavy atom. The quantitative estimate of drug-likeness (QED) is 0.564. The van der Waals surface area contributed by atoms with Crippen LogP contribution in [0.2, 0.25) is 0 Å². The average Bonchev–Trinajstić information content (AvgIpc) is 3.13. The molecule has 6 nitrogen and oxygen atoms in total. The maximum atomic E-state index is 12.9. The Morgan fingerprint density at radius 3 is 2.43 bits per heavy atom. The number of carboxylic acid groups (broad SMARTS) is 2. The Morgan fingerprint density at radius 2 is 1.73 bits per heavy atom. The number of benzene rings is 1. The number of aliphatic carboxylic acids is 2. The first-order chi connectivity index (χ1) is 14.5. The van der Waals surface area contributed by atoms with Crippen molar-refractivity contribution < 1.29 is 24.6 Å². The maximum Gasteiger partial charge on any atom is 0.308 e. The number of unbranched alkanes of at least 4 members (excludes halogenated alkanes) is 1. The Labute approximate surface area is 178 Å². The number of nitrogens with zero attached hydrogens (tertiary/aromatic N) is 1. The van der Waals surface area contributed by atoms with Crippen molar-refractivity contribution in [3.05, 3.63) is 35.9 Å². The molecule has 2 fully saturated rings. The molecule has 3 rings (SSSR count). The fourth-order valence-electron chi connectivity index (χ4n) is 5.22. The van der Waals surface area contributed by atoms with Crippen LogP contribution in [0.5, 0.6) is 0 Å². The number of carbonyl (C=O) groups is 3. The van der Waals surface area contributed by atoms with Crippen molar-refractivity contribution in [3.8, 4) is 0 Å². The molecular formula is C24H33NO5. The van der Waals surface area contributed by atoms with E-state index in [1.807, 2.05) is 18.2 Å². The van der Waals surface area contributed by atoms with Crippen LogP contribution in [0.3, 0.4) is 0 Å². The molecule has 1 amide bonds. The van der Waals surface area contributed by atoms with E-state index in [4.69, 9.17) is 0 Å². The second kappa shape index (κ2) is 10.6. The van der Waals surface area contributed by atoms with Gasteiger partial charge >= 0.3 is 11.9 Å². The number of amides is 1. The Kier molecular flexibility index (Phi) is 7.88. The van der Waals surface area contributed by atoms with Crippen LogP contribution < -0.4 is 0 Å². The summed E-state index contributed by atoms with van der Waals surface area (Å²) in [5.74, 6) is -2.69. The third-order valence-electron chi connectivity index (χ3n) is 6.90. The molecule has 2 N–H and O–H groups in total. The highest BCUT2D eigenvalue weighted by molar-refractivity contribution is 5.80. The topological polar surface area (TPSA) is 94.9 Å². The van der Waals surface area contributed by atoms with E-state index in [2.05, 4.69) is 12.1 Å². The molecule has 1 aliphatic heterocycles. The molecule has 1 aromatic carbocycles. The third-order valence-corrected chi connectivity index (χ3v) is 6.90. The predicted molar refractivity (Wildman–Crippen MR) is 113 cm³/mol. The van der Waals surface area contributed by atoms with Gasteiger partial charge in [-0.3, -0.25) is 14.4 Å². The van der Waals surface area contributed by atoms with E-state index in [-0.39, 0.29) is 30.8 Å². The summed E-state index contributed by atoms with van der Waals surface area (Å²) in [6.07, 6.45) is 7.53. The van der Waals surface area contributed by atoms with Crippen LogP contribution in [-0.2, 0) is 20.8 Å². The summed E-state index contributed by atoms with van der Waals surface area (Å²) in [5, 5.41) is 19.1. The van der Waals surface area contributed by atoms with Gasteiger partial charge in [-0.2, -0.15) is 0 Å². The SMILES string of the molecule is O=C(O)C(CCCCc1ccccc1)CCC(=O)N1CC(C(=O)O)C2CCCCC21. The minimum Gasteiger partial charge on any atom is -0.481 e. The van der Waals surface area contributed by atoms with E-state index >= 15 is 0 Å². The van der Waals surface area contributed by atoms with Crippen LogP contribution in [0, 0.1) is 17.8 Å². The first kappa shape index (κ1) is 22.3.